The highest BCUT2D eigenvalue weighted by molar-refractivity contribution is 5.99. The van der Waals surface area contributed by atoms with Crippen molar-refractivity contribution >= 4 is 17.7 Å². The van der Waals surface area contributed by atoms with Gasteiger partial charge in [-0.25, -0.2) is 4.39 Å². The summed E-state index contributed by atoms with van der Waals surface area (Å²) in [5.74, 6) is -1.40. The summed E-state index contributed by atoms with van der Waals surface area (Å²) in [6.45, 7) is 4.08. The van der Waals surface area contributed by atoms with E-state index in [1.165, 1.54) is 18.4 Å². The summed E-state index contributed by atoms with van der Waals surface area (Å²) < 4.78 is 25.9. The number of ether oxygens (including phenoxy) is 1. The Hall–Kier alpha value is -3.68. The van der Waals surface area contributed by atoms with Gasteiger partial charge in [-0.2, -0.15) is 0 Å². The molecule has 1 saturated heterocycles. The van der Waals surface area contributed by atoms with Crippen LogP contribution >= 0.6 is 0 Å². The molecule has 4 rings (SSSR count). The first-order chi connectivity index (χ1) is 15.8. The van der Waals surface area contributed by atoms with E-state index in [0.717, 1.165) is 5.69 Å². The van der Waals surface area contributed by atoms with Gasteiger partial charge in [0.25, 0.3) is 5.91 Å². The van der Waals surface area contributed by atoms with Gasteiger partial charge in [0.05, 0.1) is 12.2 Å². The molecule has 0 bridgehead atoms. The smallest absolute Gasteiger partial charge is 0.309 e. The van der Waals surface area contributed by atoms with Crippen molar-refractivity contribution in [2.75, 3.05) is 19.7 Å². The van der Waals surface area contributed by atoms with Crippen molar-refractivity contribution in [1.29, 1.82) is 0 Å². The number of nitrogens with zero attached hydrogens (tertiary/aromatic N) is 2. The second kappa shape index (κ2) is 9.44. The van der Waals surface area contributed by atoms with Crippen LogP contribution in [-0.2, 0) is 9.53 Å². The van der Waals surface area contributed by atoms with E-state index in [2.05, 4.69) is 0 Å². The van der Waals surface area contributed by atoms with Crippen molar-refractivity contribution in [3.05, 3.63) is 77.3 Å². The summed E-state index contributed by atoms with van der Waals surface area (Å²) in [5.41, 5.74) is 2.49. The molecule has 2 aromatic heterocycles. The fraction of sp³-hybridized carbons (Fsp3) is 0.320. The third-order valence-electron chi connectivity index (χ3n) is 5.99. The number of carbonyl (C=O) groups is 3. The Bertz CT molecular complexity index is 1170. The normalized spacial score (nSPS) is 14.3. The lowest BCUT2D eigenvalue weighted by Crippen LogP contribution is -2.40. The second-order valence-corrected chi connectivity index (χ2v) is 8.17. The SMILES string of the molecule is Cc1cc(C(=O)COC(=O)C2CCN(C(=O)c3ccco3)CC2)c(C)n1-c1cccc(F)c1. The van der Waals surface area contributed by atoms with Gasteiger partial charge >= 0.3 is 5.97 Å². The Morgan fingerprint density at radius 1 is 1.09 bits per heavy atom. The maximum absolute atomic E-state index is 13.6. The van der Waals surface area contributed by atoms with E-state index >= 15 is 0 Å². The molecule has 8 heteroatoms. The standard InChI is InChI=1S/C25H25FN2O5/c1-16-13-21(17(2)28(16)20-6-3-5-19(26)14-20)22(29)15-33-25(31)18-8-10-27(11-9-18)24(30)23-7-4-12-32-23/h3-7,12-14,18H,8-11,15H2,1-2H3. The van der Waals surface area contributed by atoms with Gasteiger partial charge in [0.1, 0.15) is 5.82 Å². The maximum Gasteiger partial charge on any atom is 0.309 e. The van der Waals surface area contributed by atoms with Crippen LogP contribution in [0.1, 0.15) is 45.1 Å². The molecule has 1 fully saturated rings. The largest absolute Gasteiger partial charge is 0.459 e. The fourth-order valence-corrected chi connectivity index (χ4v) is 4.26. The zero-order valence-corrected chi connectivity index (χ0v) is 18.5. The lowest BCUT2D eigenvalue weighted by molar-refractivity contribution is -0.148. The number of Topliss-reactive ketones (excluding diaryl/α,β-unsaturated/α-hetero) is 1. The Balaban J connectivity index is 1.33. The Kier molecular flexibility index (Phi) is 6.44. The zero-order valence-electron chi connectivity index (χ0n) is 18.5. The molecule has 1 aliphatic rings. The number of hydrogen-bond acceptors (Lipinski definition) is 5. The number of carbonyl (C=O) groups excluding carboxylic acids is 3. The summed E-state index contributed by atoms with van der Waals surface area (Å²) in [4.78, 5) is 39.3. The highest BCUT2D eigenvalue weighted by Gasteiger charge is 2.30. The molecule has 33 heavy (non-hydrogen) atoms. The van der Waals surface area contributed by atoms with E-state index in [4.69, 9.17) is 9.15 Å². The van der Waals surface area contributed by atoms with Gasteiger partial charge < -0.3 is 18.6 Å². The lowest BCUT2D eigenvalue weighted by atomic mass is 9.97. The number of aromatic nitrogens is 1. The number of piperidine rings is 1. The predicted molar refractivity (Wildman–Crippen MR) is 118 cm³/mol. The number of rotatable bonds is 6. The summed E-state index contributed by atoms with van der Waals surface area (Å²) in [6, 6.07) is 11.1. The first-order valence-corrected chi connectivity index (χ1v) is 10.8. The topological polar surface area (TPSA) is 81.8 Å². The highest BCUT2D eigenvalue weighted by Crippen LogP contribution is 2.23. The van der Waals surface area contributed by atoms with Gasteiger partial charge in [-0.15, -0.1) is 0 Å². The van der Waals surface area contributed by atoms with Crippen molar-refractivity contribution in [2.24, 2.45) is 5.92 Å². The molecule has 1 aliphatic heterocycles. The number of halogens is 1. The van der Waals surface area contributed by atoms with Crippen LogP contribution in [0.4, 0.5) is 4.39 Å². The Morgan fingerprint density at radius 3 is 2.52 bits per heavy atom. The van der Waals surface area contributed by atoms with Crippen molar-refractivity contribution < 1.29 is 27.9 Å². The van der Waals surface area contributed by atoms with Crippen LogP contribution < -0.4 is 0 Å². The van der Waals surface area contributed by atoms with Crippen LogP contribution in [0.5, 0.6) is 0 Å². The minimum atomic E-state index is -0.438. The van der Waals surface area contributed by atoms with Crippen LogP contribution in [0.3, 0.4) is 0 Å². The molecule has 0 spiro atoms. The molecule has 0 radical (unpaired) electrons. The van der Waals surface area contributed by atoms with Gasteiger partial charge in [0.2, 0.25) is 5.78 Å². The first kappa shape index (κ1) is 22.5. The summed E-state index contributed by atoms with van der Waals surface area (Å²) in [6.07, 6.45) is 2.38. The van der Waals surface area contributed by atoms with E-state index in [-0.39, 0.29) is 35.8 Å². The van der Waals surface area contributed by atoms with Crippen LogP contribution in [0.2, 0.25) is 0 Å². The minimum Gasteiger partial charge on any atom is -0.459 e. The summed E-state index contributed by atoms with van der Waals surface area (Å²) >= 11 is 0. The molecule has 0 N–H and O–H groups in total. The number of likely N-dealkylation sites (tertiary alicyclic amines) is 1. The van der Waals surface area contributed by atoms with Crippen LogP contribution in [-0.4, -0.2) is 46.8 Å². The number of benzene rings is 1. The van der Waals surface area contributed by atoms with E-state index < -0.39 is 5.97 Å². The van der Waals surface area contributed by atoms with Crippen LogP contribution in [0.15, 0.2) is 53.1 Å². The number of furan rings is 1. The molecule has 172 valence electrons. The molecule has 1 amide bonds. The summed E-state index contributed by atoms with van der Waals surface area (Å²) in [5, 5.41) is 0. The van der Waals surface area contributed by atoms with Crippen molar-refractivity contribution in [2.45, 2.75) is 26.7 Å². The van der Waals surface area contributed by atoms with E-state index in [9.17, 15) is 18.8 Å². The van der Waals surface area contributed by atoms with Crippen molar-refractivity contribution in [1.82, 2.24) is 9.47 Å². The lowest BCUT2D eigenvalue weighted by Gasteiger charge is -2.30. The molecule has 0 atom stereocenters. The molecule has 0 saturated carbocycles. The molecule has 7 nitrogen and oxygen atoms in total. The van der Waals surface area contributed by atoms with Gasteiger partial charge in [-0.1, -0.05) is 6.07 Å². The van der Waals surface area contributed by atoms with Crippen LogP contribution in [0.25, 0.3) is 5.69 Å². The third kappa shape index (κ3) is 4.74. The third-order valence-corrected chi connectivity index (χ3v) is 5.99. The molecule has 3 heterocycles. The molecular weight excluding hydrogens is 427 g/mol. The van der Waals surface area contributed by atoms with Gasteiger partial charge in [0, 0.05) is 35.7 Å². The minimum absolute atomic E-state index is 0.198. The van der Waals surface area contributed by atoms with Crippen LogP contribution in [0, 0.1) is 25.6 Å². The molecule has 0 unspecified atom stereocenters. The fourth-order valence-electron chi connectivity index (χ4n) is 4.26. The molecule has 1 aromatic carbocycles. The van der Waals surface area contributed by atoms with Gasteiger partial charge in [0.15, 0.2) is 12.4 Å². The average molecular weight is 452 g/mol. The predicted octanol–water partition coefficient (Wildman–Crippen LogP) is 4.10. The van der Waals surface area contributed by atoms with Crippen molar-refractivity contribution in [3.63, 3.8) is 0 Å². The molecule has 0 aliphatic carbocycles. The monoisotopic (exact) mass is 452 g/mol. The zero-order chi connectivity index (χ0) is 23.5. The average Bonchev–Trinajstić information content (AvgIpc) is 3.45. The number of esters is 1. The van der Waals surface area contributed by atoms with Gasteiger partial charge in [-0.05, 0) is 63.1 Å². The van der Waals surface area contributed by atoms with E-state index in [0.29, 0.717) is 42.9 Å². The van der Waals surface area contributed by atoms with Crippen molar-refractivity contribution in [3.8, 4) is 5.69 Å². The van der Waals surface area contributed by atoms with E-state index in [1.54, 1.807) is 46.7 Å². The number of hydrogen-bond donors (Lipinski definition) is 0. The highest BCUT2D eigenvalue weighted by atomic mass is 19.1. The first-order valence-electron chi connectivity index (χ1n) is 10.8. The Labute approximate surface area is 190 Å². The number of amides is 1. The molecular formula is C25H25FN2O5. The van der Waals surface area contributed by atoms with E-state index in [1.807, 2.05) is 6.92 Å². The molecule has 3 aromatic rings. The maximum atomic E-state index is 13.6. The van der Waals surface area contributed by atoms with Gasteiger partial charge in [-0.3, -0.25) is 14.4 Å². The second-order valence-electron chi connectivity index (χ2n) is 8.17. The number of aryl methyl sites for hydroxylation is 1. The summed E-state index contributed by atoms with van der Waals surface area (Å²) in [7, 11) is 0. The Morgan fingerprint density at radius 2 is 1.85 bits per heavy atom. The number of ketones is 1. The quantitative estimate of drug-likeness (QED) is 0.415.